The molecule has 0 spiro atoms. The van der Waals surface area contributed by atoms with E-state index in [9.17, 15) is 19.5 Å². The zero-order chi connectivity index (χ0) is 59.1. The Labute approximate surface area is 502 Å². The molecule has 0 rings (SSSR count). The molecule has 0 saturated carbocycles. The van der Waals surface area contributed by atoms with Crippen molar-refractivity contribution in [2.45, 2.75) is 347 Å². The third-order valence-electron chi connectivity index (χ3n) is 15.5. The molecule has 0 aliphatic heterocycles. The molecule has 0 bridgehead atoms. The summed E-state index contributed by atoms with van der Waals surface area (Å²) in [5.74, 6) is -2.28. The van der Waals surface area contributed by atoms with Crippen molar-refractivity contribution in [1.29, 1.82) is 0 Å². The Hall–Kier alpha value is -2.75. The summed E-state index contributed by atoms with van der Waals surface area (Å²) in [5, 5.41) is 11.8. The predicted octanol–water partition coefficient (Wildman–Crippen LogP) is 20.0. The molecule has 0 aromatic rings. The average Bonchev–Trinajstić information content (AvgIpc) is 3.44. The molecule has 9 nitrogen and oxygen atoms in total. The molecule has 0 radical (unpaired) electrons. The minimum Gasteiger partial charge on any atom is -0.545 e. The van der Waals surface area contributed by atoms with Crippen molar-refractivity contribution in [1.82, 2.24) is 0 Å². The standard InChI is InChI=1S/C72H133NO8/c1-6-8-10-12-14-16-18-20-22-24-26-27-28-29-30-31-32-33-34-35-36-37-38-39-40-41-42-43-45-46-48-50-52-54-56-58-60-62-69(74)79-66-68(67-80-72(71(76)77)78-65-64-73(3,4)5)81-70(75)63-61-59-57-55-53-51-49-47-44-25-23-21-19-17-15-13-11-9-7-2/h15,17,21,23-24,26,44,47,68,72H,6-14,16,18-20,22,25,27-43,45-46,48-67H2,1-5H3/b17-15-,23-21-,26-24-,47-44-. The molecule has 0 aliphatic carbocycles. The molecule has 0 aromatic carbocycles. The number of hydrogen-bond donors (Lipinski definition) is 0. The fraction of sp³-hybridized carbons (Fsp3) is 0.847. The maximum atomic E-state index is 12.9. The molecule has 474 valence electrons. The molecule has 0 aromatic heterocycles. The van der Waals surface area contributed by atoms with E-state index in [4.69, 9.17) is 18.9 Å². The van der Waals surface area contributed by atoms with Crippen LogP contribution in [0.15, 0.2) is 48.6 Å². The van der Waals surface area contributed by atoms with Gasteiger partial charge in [-0.2, -0.15) is 0 Å². The lowest BCUT2D eigenvalue weighted by atomic mass is 10.0. The summed E-state index contributed by atoms with van der Waals surface area (Å²) in [7, 11) is 5.93. The number of rotatable bonds is 65. The largest absolute Gasteiger partial charge is 0.545 e. The summed E-state index contributed by atoms with van der Waals surface area (Å²) in [6.07, 6.45) is 77.8. The number of aliphatic carboxylic acids is 1. The Morgan fingerprint density at radius 1 is 0.370 bits per heavy atom. The van der Waals surface area contributed by atoms with Crippen LogP contribution in [0.4, 0.5) is 0 Å². The number of nitrogens with zero attached hydrogens (tertiary/aromatic N) is 1. The van der Waals surface area contributed by atoms with Gasteiger partial charge in [0.1, 0.15) is 13.2 Å². The predicted molar refractivity (Wildman–Crippen MR) is 343 cm³/mol. The summed E-state index contributed by atoms with van der Waals surface area (Å²) < 4.78 is 22.8. The van der Waals surface area contributed by atoms with Crippen molar-refractivity contribution in [3.8, 4) is 0 Å². The van der Waals surface area contributed by atoms with Crippen LogP contribution in [0.2, 0.25) is 0 Å². The molecule has 0 amide bonds. The average molecular weight is 1140 g/mol. The monoisotopic (exact) mass is 1140 g/mol. The molecule has 0 aliphatic rings. The molecule has 0 saturated heterocycles. The first kappa shape index (κ1) is 78.2. The highest BCUT2D eigenvalue weighted by Crippen LogP contribution is 2.18. The maximum absolute atomic E-state index is 12.9. The summed E-state index contributed by atoms with van der Waals surface area (Å²) in [6, 6.07) is 0. The van der Waals surface area contributed by atoms with Gasteiger partial charge in [-0.25, -0.2) is 0 Å². The van der Waals surface area contributed by atoms with Crippen LogP contribution in [0, 0.1) is 0 Å². The number of allylic oxidation sites excluding steroid dienone is 8. The van der Waals surface area contributed by atoms with Crippen molar-refractivity contribution in [3.05, 3.63) is 48.6 Å². The Balaban J connectivity index is 3.99. The van der Waals surface area contributed by atoms with Crippen LogP contribution in [0.5, 0.6) is 0 Å². The van der Waals surface area contributed by atoms with Crippen LogP contribution in [0.3, 0.4) is 0 Å². The second-order valence-corrected chi connectivity index (χ2v) is 24.8. The van der Waals surface area contributed by atoms with Gasteiger partial charge < -0.3 is 33.3 Å². The van der Waals surface area contributed by atoms with Crippen LogP contribution >= 0.6 is 0 Å². The number of esters is 2. The van der Waals surface area contributed by atoms with E-state index in [0.717, 1.165) is 70.6 Å². The summed E-state index contributed by atoms with van der Waals surface area (Å²) in [5.41, 5.74) is 0. The second-order valence-electron chi connectivity index (χ2n) is 24.8. The van der Waals surface area contributed by atoms with Gasteiger partial charge in [0.25, 0.3) is 0 Å². The summed E-state index contributed by atoms with van der Waals surface area (Å²) in [4.78, 5) is 37.4. The maximum Gasteiger partial charge on any atom is 0.306 e. The fourth-order valence-electron chi connectivity index (χ4n) is 10.2. The van der Waals surface area contributed by atoms with Crippen molar-refractivity contribution < 1.29 is 42.9 Å². The van der Waals surface area contributed by atoms with E-state index in [1.807, 2.05) is 21.1 Å². The van der Waals surface area contributed by atoms with Crippen LogP contribution < -0.4 is 5.11 Å². The fourth-order valence-corrected chi connectivity index (χ4v) is 10.2. The van der Waals surface area contributed by atoms with Gasteiger partial charge in [-0.3, -0.25) is 9.59 Å². The van der Waals surface area contributed by atoms with Crippen molar-refractivity contribution in [3.63, 3.8) is 0 Å². The SMILES string of the molecule is CCCCC/C=C\C/C=C\C/C=C\CCCCCCCCC(=O)OC(COC(=O)CCCCCCCCCCCCCCCCCCCCCCCCCCC/C=C\CCCCCCCCCC)COC(OCC[N+](C)(C)C)C(=O)[O-]. The summed E-state index contributed by atoms with van der Waals surface area (Å²) >= 11 is 0. The lowest BCUT2D eigenvalue weighted by molar-refractivity contribution is -0.870. The third kappa shape index (κ3) is 64.7. The first-order valence-corrected chi connectivity index (χ1v) is 34.8. The minimum absolute atomic E-state index is 0.145. The zero-order valence-corrected chi connectivity index (χ0v) is 54.2. The number of carbonyl (C=O) groups excluding carboxylic acids is 3. The van der Waals surface area contributed by atoms with E-state index >= 15 is 0 Å². The van der Waals surface area contributed by atoms with Gasteiger partial charge in [-0.1, -0.05) is 294 Å². The number of likely N-dealkylation sites (N-methyl/N-ethyl adjacent to an activating group) is 1. The number of carboxylic acids is 1. The molecular formula is C72H133NO8. The minimum atomic E-state index is -1.63. The molecule has 9 heteroatoms. The molecule has 81 heavy (non-hydrogen) atoms. The number of quaternary nitrogens is 1. The van der Waals surface area contributed by atoms with E-state index in [0.29, 0.717) is 23.9 Å². The van der Waals surface area contributed by atoms with Crippen molar-refractivity contribution in [2.24, 2.45) is 0 Å². The van der Waals surface area contributed by atoms with Crippen LogP contribution in [0.1, 0.15) is 335 Å². The highest BCUT2D eigenvalue weighted by molar-refractivity contribution is 5.70. The van der Waals surface area contributed by atoms with Crippen LogP contribution in [-0.2, 0) is 33.3 Å². The first-order valence-electron chi connectivity index (χ1n) is 34.8. The van der Waals surface area contributed by atoms with Gasteiger partial charge in [0.15, 0.2) is 12.4 Å². The molecule has 0 fully saturated rings. The van der Waals surface area contributed by atoms with E-state index in [1.165, 1.54) is 231 Å². The van der Waals surface area contributed by atoms with E-state index in [1.54, 1.807) is 0 Å². The molecule has 2 unspecified atom stereocenters. The van der Waals surface area contributed by atoms with Gasteiger partial charge in [-0.05, 0) is 77.0 Å². The van der Waals surface area contributed by atoms with Gasteiger partial charge in [0.05, 0.1) is 40.3 Å². The Bertz CT molecular complexity index is 1470. The van der Waals surface area contributed by atoms with E-state index in [2.05, 4.69) is 62.5 Å². The van der Waals surface area contributed by atoms with Gasteiger partial charge in [-0.15, -0.1) is 0 Å². The molecule has 0 N–H and O–H groups in total. The second kappa shape index (κ2) is 63.3. The zero-order valence-electron chi connectivity index (χ0n) is 54.2. The number of ether oxygens (including phenoxy) is 4. The molecular weight excluding hydrogens is 1010 g/mol. The number of unbranched alkanes of at least 4 members (excludes halogenated alkanes) is 42. The normalized spacial score (nSPS) is 13.0. The Morgan fingerprint density at radius 2 is 0.667 bits per heavy atom. The number of carboxylic acid groups (broad SMARTS) is 1. The van der Waals surface area contributed by atoms with Gasteiger partial charge >= 0.3 is 11.9 Å². The Morgan fingerprint density at radius 3 is 1.02 bits per heavy atom. The smallest absolute Gasteiger partial charge is 0.306 e. The van der Waals surface area contributed by atoms with Crippen LogP contribution in [0.25, 0.3) is 0 Å². The highest BCUT2D eigenvalue weighted by atomic mass is 16.7. The third-order valence-corrected chi connectivity index (χ3v) is 15.5. The van der Waals surface area contributed by atoms with E-state index < -0.39 is 24.3 Å². The molecule has 0 heterocycles. The van der Waals surface area contributed by atoms with Gasteiger partial charge in [0, 0.05) is 12.8 Å². The van der Waals surface area contributed by atoms with Crippen molar-refractivity contribution >= 4 is 17.9 Å². The topological polar surface area (TPSA) is 111 Å². The highest BCUT2D eigenvalue weighted by Gasteiger charge is 2.22. The lowest BCUT2D eigenvalue weighted by Gasteiger charge is -2.26. The van der Waals surface area contributed by atoms with Gasteiger partial charge in [0.2, 0.25) is 0 Å². The Kier molecular flexibility index (Phi) is 61.1. The van der Waals surface area contributed by atoms with Crippen molar-refractivity contribution in [2.75, 3.05) is 47.5 Å². The van der Waals surface area contributed by atoms with Crippen LogP contribution in [-0.4, -0.2) is 82.3 Å². The molecule has 2 atom stereocenters. The number of carbonyl (C=O) groups is 3. The number of hydrogen-bond acceptors (Lipinski definition) is 8. The quantitative estimate of drug-likeness (QED) is 0.0195. The van der Waals surface area contributed by atoms with E-state index in [-0.39, 0.29) is 32.2 Å². The lowest BCUT2D eigenvalue weighted by Crippen LogP contribution is -2.44. The first-order chi connectivity index (χ1) is 39.6. The summed E-state index contributed by atoms with van der Waals surface area (Å²) in [6.45, 7) is 4.75.